The van der Waals surface area contributed by atoms with Crippen LogP contribution in [-0.2, 0) is 6.42 Å². The van der Waals surface area contributed by atoms with E-state index in [9.17, 15) is 9.90 Å². The number of pyridine rings is 1. The Morgan fingerprint density at radius 3 is 2.50 bits per heavy atom. The average molecular weight is 323 g/mol. The Bertz CT molecular complexity index is 905. The molecule has 5 heteroatoms. The van der Waals surface area contributed by atoms with E-state index in [1.54, 1.807) is 20.3 Å². The Balaban J connectivity index is 2.07. The minimum absolute atomic E-state index is 0.0455. The maximum atomic E-state index is 11.3. The zero-order valence-electron chi connectivity index (χ0n) is 13.4. The number of ether oxygens (including phenoxy) is 2. The summed E-state index contributed by atoms with van der Waals surface area (Å²) in [5, 5.41) is 11.1. The van der Waals surface area contributed by atoms with Gasteiger partial charge in [-0.1, -0.05) is 30.3 Å². The van der Waals surface area contributed by atoms with E-state index in [1.807, 2.05) is 42.5 Å². The lowest BCUT2D eigenvalue weighted by atomic mass is 10.0. The minimum Gasteiger partial charge on any atom is -0.493 e. The first-order valence-corrected chi connectivity index (χ1v) is 7.45. The number of benzene rings is 2. The number of carboxylic acids is 1. The number of carboxylic acid groups (broad SMARTS) is 1. The van der Waals surface area contributed by atoms with Gasteiger partial charge >= 0.3 is 5.97 Å². The predicted octanol–water partition coefficient (Wildman–Crippen LogP) is 3.54. The number of fused-ring (bicyclic) bond motifs is 1. The highest BCUT2D eigenvalue weighted by Crippen LogP contribution is 2.29. The van der Waals surface area contributed by atoms with Crippen LogP contribution in [0.5, 0.6) is 11.5 Å². The zero-order valence-corrected chi connectivity index (χ0v) is 13.4. The molecule has 0 spiro atoms. The molecule has 5 nitrogen and oxygen atoms in total. The van der Waals surface area contributed by atoms with Gasteiger partial charge in [-0.3, -0.25) is 0 Å². The summed E-state index contributed by atoms with van der Waals surface area (Å²) in [6, 6.07) is 14.9. The summed E-state index contributed by atoms with van der Waals surface area (Å²) in [5.74, 6) is 0.251. The molecule has 3 aromatic rings. The Morgan fingerprint density at radius 1 is 1.04 bits per heavy atom. The average Bonchev–Trinajstić information content (AvgIpc) is 2.61. The lowest BCUT2D eigenvalue weighted by molar-refractivity contribution is 0.0690. The van der Waals surface area contributed by atoms with Crippen molar-refractivity contribution in [2.45, 2.75) is 6.42 Å². The number of carbonyl (C=O) groups is 1. The molecule has 0 unspecified atom stereocenters. The van der Waals surface area contributed by atoms with Crippen LogP contribution in [0.4, 0.5) is 0 Å². The fourth-order valence-corrected chi connectivity index (χ4v) is 2.70. The third-order valence-corrected chi connectivity index (χ3v) is 3.86. The molecular weight excluding hydrogens is 306 g/mol. The van der Waals surface area contributed by atoms with E-state index < -0.39 is 5.97 Å². The first kappa shape index (κ1) is 15.8. The van der Waals surface area contributed by atoms with Gasteiger partial charge in [-0.25, -0.2) is 9.78 Å². The fraction of sp³-hybridized carbons (Fsp3) is 0.158. The maximum absolute atomic E-state index is 11.3. The van der Waals surface area contributed by atoms with Gasteiger partial charge in [0.15, 0.2) is 11.5 Å². The van der Waals surface area contributed by atoms with Crippen LogP contribution in [0, 0.1) is 0 Å². The van der Waals surface area contributed by atoms with E-state index >= 15 is 0 Å². The van der Waals surface area contributed by atoms with Gasteiger partial charge < -0.3 is 14.6 Å². The molecule has 0 saturated carbocycles. The van der Waals surface area contributed by atoms with Gasteiger partial charge in [0, 0.05) is 11.8 Å². The highest BCUT2D eigenvalue weighted by atomic mass is 16.5. The van der Waals surface area contributed by atoms with Crippen molar-refractivity contribution in [2.75, 3.05) is 14.2 Å². The van der Waals surface area contributed by atoms with Crippen molar-refractivity contribution in [2.24, 2.45) is 0 Å². The Kier molecular flexibility index (Phi) is 4.33. The summed E-state index contributed by atoms with van der Waals surface area (Å²) in [6.07, 6.45) is 0.502. The molecule has 0 radical (unpaired) electrons. The lowest BCUT2D eigenvalue weighted by Crippen LogP contribution is -2.04. The number of hydrogen-bond acceptors (Lipinski definition) is 4. The normalized spacial score (nSPS) is 10.6. The lowest BCUT2D eigenvalue weighted by Gasteiger charge is -2.11. The van der Waals surface area contributed by atoms with E-state index in [4.69, 9.17) is 9.47 Å². The molecule has 0 amide bonds. The molecule has 0 atom stereocenters. The first-order chi connectivity index (χ1) is 11.6. The molecule has 0 aliphatic heterocycles. The van der Waals surface area contributed by atoms with Crippen molar-refractivity contribution in [3.05, 3.63) is 65.5 Å². The van der Waals surface area contributed by atoms with Crippen LogP contribution >= 0.6 is 0 Å². The fourth-order valence-electron chi connectivity index (χ4n) is 2.70. The standard InChI is InChI=1S/C19H17NO4/c1-23-17-8-7-12(10-18(17)24-2)9-15-14-6-4-3-5-13(14)11-16(20-15)19(21)22/h3-8,10-11H,9H2,1-2H3,(H,21,22). The van der Waals surface area contributed by atoms with Gasteiger partial charge in [-0.05, 0) is 29.1 Å². The van der Waals surface area contributed by atoms with Gasteiger partial charge in [0.2, 0.25) is 0 Å². The van der Waals surface area contributed by atoms with Crippen LogP contribution in [0.2, 0.25) is 0 Å². The molecule has 0 aliphatic carbocycles. The highest BCUT2D eigenvalue weighted by Gasteiger charge is 2.12. The SMILES string of the molecule is COc1ccc(Cc2nc(C(=O)O)cc3ccccc23)cc1OC. The van der Waals surface area contributed by atoms with E-state index in [1.165, 1.54) is 0 Å². The number of aromatic nitrogens is 1. The van der Waals surface area contributed by atoms with Crippen LogP contribution in [0.3, 0.4) is 0 Å². The molecule has 0 saturated heterocycles. The van der Waals surface area contributed by atoms with Gasteiger partial charge in [-0.15, -0.1) is 0 Å². The van der Waals surface area contributed by atoms with Crippen LogP contribution < -0.4 is 9.47 Å². The molecular formula is C19H17NO4. The molecule has 1 heterocycles. The molecule has 24 heavy (non-hydrogen) atoms. The Morgan fingerprint density at radius 2 is 1.79 bits per heavy atom. The highest BCUT2D eigenvalue weighted by molar-refractivity contribution is 5.93. The minimum atomic E-state index is -1.03. The van der Waals surface area contributed by atoms with Crippen molar-refractivity contribution in [3.63, 3.8) is 0 Å². The maximum Gasteiger partial charge on any atom is 0.354 e. The summed E-state index contributed by atoms with van der Waals surface area (Å²) in [7, 11) is 3.17. The molecule has 1 N–H and O–H groups in total. The zero-order chi connectivity index (χ0) is 17.1. The smallest absolute Gasteiger partial charge is 0.354 e. The van der Waals surface area contributed by atoms with Gasteiger partial charge in [0.05, 0.1) is 19.9 Å². The molecule has 1 aromatic heterocycles. The van der Waals surface area contributed by atoms with Gasteiger partial charge in [-0.2, -0.15) is 0 Å². The van der Waals surface area contributed by atoms with E-state index in [0.29, 0.717) is 17.9 Å². The quantitative estimate of drug-likeness (QED) is 0.778. The van der Waals surface area contributed by atoms with E-state index in [0.717, 1.165) is 22.0 Å². The number of nitrogens with zero attached hydrogens (tertiary/aromatic N) is 1. The van der Waals surface area contributed by atoms with E-state index in [-0.39, 0.29) is 5.69 Å². The number of methoxy groups -OCH3 is 2. The number of aromatic carboxylic acids is 1. The van der Waals surface area contributed by atoms with Crippen LogP contribution in [-0.4, -0.2) is 30.3 Å². The molecule has 122 valence electrons. The molecule has 0 aliphatic rings. The second kappa shape index (κ2) is 6.58. The van der Waals surface area contributed by atoms with Crippen molar-refractivity contribution >= 4 is 16.7 Å². The van der Waals surface area contributed by atoms with E-state index in [2.05, 4.69) is 4.98 Å². The largest absolute Gasteiger partial charge is 0.493 e. The topological polar surface area (TPSA) is 68.7 Å². The van der Waals surface area contributed by atoms with Crippen molar-refractivity contribution in [3.8, 4) is 11.5 Å². The summed E-state index contributed by atoms with van der Waals surface area (Å²) in [4.78, 5) is 15.7. The first-order valence-electron chi connectivity index (χ1n) is 7.45. The monoisotopic (exact) mass is 323 g/mol. The third kappa shape index (κ3) is 3.01. The van der Waals surface area contributed by atoms with Crippen LogP contribution in [0.25, 0.3) is 10.8 Å². The third-order valence-electron chi connectivity index (χ3n) is 3.86. The van der Waals surface area contributed by atoms with Gasteiger partial charge in [0.1, 0.15) is 5.69 Å². The van der Waals surface area contributed by atoms with Crippen molar-refractivity contribution in [1.82, 2.24) is 4.98 Å². The molecule has 0 fully saturated rings. The summed E-state index contributed by atoms with van der Waals surface area (Å²) in [6.45, 7) is 0. The predicted molar refractivity (Wildman–Crippen MR) is 91.1 cm³/mol. The molecule has 3 rings (SSSR count). The van der Waals surface area contributed by atoms with Gasteiger partial charge in [0.25, 0.3) is 0 Å². The Hall–Kier alpha value is -3.08. The Labute approximate surface area is 139 Å². The number of rotatable bonds is 5. The number of hydrogen-bond donors (Lipinski definition) is 1. The van der Waals surface area contributed by atoms with Crippen LogP contribution in [0.1, 0.15) is 21.7 Å². The molecule has 0 bridgehead atoms. The summed E-state index contributed by atoms with van der Waals surface area (Å²) >= 11 is 0. The summed E-state index contributed by atoms with van der Waals surface area (Å²) < 4.78 is 10.6. The van der Waals surface area contributed by atoms with Crippen molar-refractivity contribution in [1.29, 1.82) is 0 Å². The van der Waals surface area contributed by atoms with Crippen molar-refractivity contribution < 1.29 is 19.4 Å². The second-order valence-electron chi connectivity index (χ2n) is 5.35. The molecule has 2 aromatic carbocycles. The van der Waals surface area contributed by atoms with Crippen LogP contribution in [0.15, 0.2) is 48.5 Å². The second-order valence-corrected chi connectivity index (χ2v) is 5.35. The summed E-state index contributed by atoms with van der Waals surface area (Å²) in [5.41, 5.74) is 1.73.